The van der Waals surface area contributed by atoms with Crippen molar-refractivity contribution in [2.45, 2.75) is 38.6 Å². The van der Waals surface area contributed by atoms with Gasteiger partial charge < -0.3 is 10.1 Å². The molecule has 34 heavy (non-hydrogen) atoms. The van der Waals surface area contributed by atoms with Crippen molar-refractivity contribution in [1.82, 2.24) is 9.62 Å². The molecule has 0 heterocycles. The molecule has 0 bridgehead atoms. The van der Waals surface area contributed by atoms with E-state index in [0.717, 1.165) is 6.07 Å². The van der Waals surface area contributed by atoms with E-state index in [1.165, 1.54) is 46.8 Å². The van der Waals surface area contributed by atoms with E-state index in [-0.39, 0.29) is 29.1 Å². The van der Waals surface area contributed by atoms with Crippen LogP contribution in [0, 0.1) is 11.7 Å². The van der Waals surface area contributed by atoms with Gasteiger partial charge in [0.2, 0.25) is 15.8 Å². The third kappa shape index (κ3) is 6.48. The van der Waals surface area contributed by atoms with Gasteiger partial charge in [-0.05, 0) is 36.2 Å². The van der Waals surface area contributed by atoms with Crippen LogP contribution in [0.3, 0.4) is 0 Å². The molecule has 8 nitrogen and oxygen atoms in total. The first-order valence-corrected chi connectivity index (χ1v) is 12.3. The van der Waals surface area contributed by atoms with Gasteiger partial charge >= 0.3 is 5.97 Å². The van der Waals surface area contributed by atoms with Crippen LogP contribution in [0.5, 0.6) is 0 Å². The number of amides is 1. The van der Waals surface area contributed by atoms with Gasteiger partial charge in [0.1, 0.15) is 11.9 Å². The maximum atomic E-state index is 13.8. The summed E-state index contributed by atoms with van der Waals surface area (Å²) in [6, 6.07) is 9.74. The molecule has 0 saturated heterocycles. The van der Waals surface area contributed by atoms with E-state index in [2.05, 4.69) is 5.32 Å². The summed E-state index contributed by atoms with van der Waals surface area (Å²) in [5, 5.41) is 2.54. The van der Waals surface area contributed by atoms with Gasteiger partial charge in [-0.1, -0.05) is 45.9 Å². The summed E-state index contributed by atoms with van der Waals surface area (Å²) in [6.45, 7) is 6.65. The summed E-state index contributed by atoms with van der Waals surface area (Å²) in [4.78, 5) is 37.5. The number of ketones is 1. The number of Topliss-reactive ketones (excluding diaryl/α,β-unsaturated/α-hetero) is 1. The Kier molecular flexibility index (Phi) is 9.46. The highest BCUT2D eigenvalue weighted by molar-refractivity contribution is 7.89. The Balaban J connectivity index is 2.14. The van der Waals surface area contributed by atoms with E-state index in [1.807, 2.05) is 0 Å². The van der Waals surface area contributed by atoms with Gasteiger partial charge in [-0.15, -0.1) is 0 Å². The Morgan fingerprint density at radius 3 is 2.26 bits per heavy atom. The number of benzene rings is 2. The number of esters is 1. The van der Waals surface area contributed by atoms with Gasteiger partial charge in [0.25, 0.3) is 5.91 Å². The van der Waals surface area contributed by atoms with Crippen LogP contribution in [0.1, 0.15) is 48.4 Å². The molecule has 0 unspecified atom stereocenters. The Labute approximate surface area is 199 Å². The molecule has 2 rings (SSSR count). The highest BCUT2D eigenvalue weighted by Crippen LogP contribution is 2.17. The standard InChI is InChI=1S/C24H29FN2O6S/c1-5-27(6-2)34(31,32)18-11-9-10-17(14-18)23(29)26-22(16(3)4)24(30)33-15-21(28)19-12-7-8-13-20(19)25/h7-14,16,22H,5-6,15H2,1-4H3,(H,26,29)/t22-/m0/s1. The summed E-state index contributed by atoms with van der Waals surface area (Å²) in [7, 11) is -3.77. The van der Waals surface area contributed by atoms with Crippen LogP contribution in [0.2, 0.25) is 0 Å². The molecule has 0 aliphatic rings. The molecular formula is C24H29FN2O6S. The Morgan fingerprint density at radius 1 is 1.03 bits per heavy atom. The van der Waals surface area contributed by atoms with Crippen LogP contribution in [0.4, 0.5) is 4.39 Å². The monoisotopic (exact) mass is 492 g/mol. The highest BCUT2D eigenvalue weighted by atomic mass is 32.2. The van der Waals surface area contributed by atoms with Gasteiger partial charge in [0.15, 0.2) is 6.61 Å². The molecule has 0 aromatic heterocycles. The van der Waals surface area contributed by atoms with E-state index in [0.29, 0.717) is 0 Å². The van der Waals surface area contributed by atoms with Crippen LogP contribution in [-0.2, 0) is 19.6 Å². The summed E-state index contributed by atoms with van der Waals surface area (Å²) < 4.78 is 45.6. The predicted molar refractivity (Wildman–Crippen MR) is 124 cm³/mol. The van der Waals surface area contributed by atoms with Gasteiger partial charge in [0, 0.05) is 18.7 Å². The van der Waals surface area contributed by atoms with E-state index in [1.54, 1.807) is 27.7 Å². The number of nitrogens with one attached hydrogen (secondary N) is 1. The molecule has 0 fully saturated rings. The van der Waals surface area contributed by atoms with Gasteiger partial charge in [-0.25, -0.2) is 17.6 Å². The molecular weight excluding hydrogens is 463 g/mol. The molecule has 0 radical (unpaired) electrons. The van der Waals surface area contributed by atoms with Crippen LogP contribution < -0.4 is 5.32 Å². The molecule has 1 N–H and O–H groups in total. The molecule has 10 heteroatoms. The van der Waals surface area contributed by atoms with Crippen LogP contribution in [0.25, 0.3) is 0 Å². The Morgan fingerprint density at radius 2 is 1.68 bits per heavy atom. The number of carbonyl (C=O) groups is 3. The summed E-state index contributed by atoms with van der Waals surface area (Å²) >= 11 is 0. The first-order valence-electron chi connectivity index (χ1n) is 10.9. The number of nitrogens with zero attached hydrogens (tertiary/aromatic N) is 1. The first kappa shape index (κ1) is 27.1. The number of ether oxygens (including phenoxy) is 1. The number of hydrogen-bond donors (Lipinski definition) is 1. The molecule has 0 aliphatic heterocycles. The predicted octanol–water partition coefficient (Wildman–Crippen LogP) is 3.04. The van der Waals surface area contributed by atoms with E-state index in [4.69, 9.17) is 4.74 Å². The van der Waals surface area contributed by atoms with Crippen molar-refractivity contribution in [3.8, 4) is 0 Å². The fourth-order valence-electron chi connectivity index (χ4n) is 3.22. The zero-order valence-electron chi connectivity index (χ0n) is 19.6. The molecule has 1 atom stereocenters. The molecule has 0 aliphatic carbocycles. The first-order chi connectivity index (χ1) is 16.0. The zero-order valence-corrected chi connectivity index (χ0v) is 20.4. The average Bonchev–Trinajstić information content (AvgIpc) is 2.81. The molecule has 184 valence electrons. The minimum atomic E-state index is -3.77. The van der Waals surface area contributed by atoms with Gasteiger partial charge in [0.05, 0.1) is 10.5 Å². The second-order valence-corrected chi connectivity index (χ2v) is 9.76. The van der Waals surface area contributed by atoms with E-state index >= 15 is 0 Å². The lowest BCUT2D eigenvalue weighted by molar-refractivity contribution is -0.145. The number of hydrogen-bond acceptors (Lipinski definition) is 6. The van der Waals surface area contributed by atoms with Gasteiger partial charge in [-0.2, -0.15) is 4.31 Å². The lowest BCUT2D eigenvalue weighted by Gasteiger charge is -2.21. The molecule has 0 saturated carbocycles. The van der Waals surface area contributed by atoms with E-state index in [9.17, 15) is 27.2 Å². The minimum Gasteiger partial charge on any atom is -0.456 e. The maximum Gasteiger partial charge on any atom is 0.329 e. The SMILES string of the molecule is CCN(CC)S(=O)(=O)c1cccc(C(=O)N[C@H](C(=O)OCC(=O)c2ccccc2F)C(C)C)c1. The smallest absolute Gasteiger partial charge is 0.329 e. The van der Waals surface area contributed by atoms with Crippen LogP contribution in [-0.4, -0.2) is 56.1 Å². The van der Waals surface area contributed by atoms with Crippen molar-refractivity contribution in [3.05, 3.63) is 65.5 Å². The second-order valence-electron chi connectivity index (χ2n) is 7.82. The summed E-state index contributed by atoms with van der Waals surface area (Å²) in [6.07, 6.45) is 0. The largest absolute Gasteiger partial charge is 0.456 e. The Bertz CT molecular complexity index is 1150. The van der Waals surface area contributed by atoms with Crippen molar-refractivity contribution in [3.63, 3.8) is 0 Å². The third-order valence-electron chi connectivity index (χ3n) is 5.17. The maximum absolute atomic E-state index is 13.8. The topological polar surface area (TPSA) is 110 Å². The van der Waals surface area contributed by atoms with Crippen molar-refractivity contribution < 1.29 is 31.9 Å². The Hall–Kier alpha value is -3.11. The molecule has 2 aromatic carbocycles. The van der Waals surface area contributed by atoms with Crippen LogP contribution in [0.15, 0.2) is 53.4 Å². The zero-order chi connectivity index (χ0) is 25.5. The molecule has 0 spiro atoms. The molecule has 1 amide bonds. The minimum absolute atomic E-state index is 0.0389. The fourth-order valence-corrected chi connectivity index (χ4v) is 4.73. The fraction of sp³-hybridized carbons (Fsp3) is 0.375. The van der Waals surface area contributed by atoms with Crippen LogP contribution >= 0.6 is 0 Å². The lowest BCUT2D eigenvalue weighted by atomic mass is 10.0. The van der Waals surface area contributed by atoms with Crippen molar-refractivity contribution in [2.75, 3.05) is 19.7 Å². The highest BCUT2D eigenvalue weighted by Gasteiger charge is 2.28. The normalized spacial score (nSPS) is 12.4. The second kappa shape index (κ2) is 11.8. The number of halogens is 1. The number of carbonyl (C=O) groups excluding carboxylic acids is 3. The summed E-state index contributed by atoms with van der Waals surface area (Å²) in [5.41, 5.74) is -0.152. The number of rotatable bonds is 11. The van der Waals surface area contributed by atoms with Gasteiger partial charge in [-0.3, -0.25) is 9.59 Å². The lowest BCUT2D eigenvalue weighted by Crippen LogP contribution is -2.45. The van der Waals surface area contributed by atoms with E-state index < -0.39 is 52.1 Å². The molecule has 2 aromatic rings. The van der Waals surface area contributed by atoms with Crippen molar-refractivity contribution in [2.24, 2.45) is 5.92 Å². The third-order valence-corrected chi connectivity index (χ3v) is 7.21. The number of sulfonamides is 1. The summed E-state index contributed by atoms with van der Waals surface area (Å²) in [5.74, 6) is -3.37. The quantitative estimate of drug-likeness (QED) is 0.381. The van der Waals surface area contributed by atoms with Crippen molar-refractivity contribution in [1.29, 1.82) is 0 Å². The van der Waals surface area contributed by atoms with Crippen molar-refractivity contribution >= 4 is 27.7 Å². The average molecular weight is 493 g/mol.